The number of aliphatic carboxylic acids is 1. The van der Waals surface area contributed by atoms with E-state index in [1.807, 2.05) is 6.92 Å². The van der Waals surface area contributed by atoms with Crippen molar-refractivity contribution in [2.24, 2.45) is 5.41 Å². The van der Waals surface area contributed by atoms with Crippen LogP contribution in [-0.2, 0) is 4.79 Å². The molecule has 0 aromatic carbocycles. The van der Waals surface area contributed by atoms with E-state index in [0.29, 0.717) is 12.8 Å². The summed E-state index contributed by atoms with van der Waals surface area (Å²) in [5, 5.41) is 26.6. The van der Waals surface area contributed by atoms with Crippen molar-refractivity contribution < 1.29 is 20.1 Å². The number of carbonyl (C=O) groups is 1. The molecule has 0 bridgehead atoms. The fourth-order valence-corrected chi connectivity index (χ4v) is 1.60. The van der Waals surface area contributed by atoms with Gasteiger partial charge in [-0.1, -0.05) is 20.3 Å². The van der Waals surface area contributed by atoms with Gasteiger partial charge in [-0.15, -0.1) is 0 Å². The highest BCUT2D eigenvalue weighted by atomic mass is 16.5. The lowest BCUT2D eigenvalue weighted by molar-refractivity contribution is -0.157. The highest BCUT2D eigenvalue weighted by Crippen LogP contribution is 2.33. The van der Waals surface area contributed by atoms with Gasteiger partial charge in [-0.05, 0) is 12.8 Å². The zero-order valence-corrected chi connectivity index (χ0v) is 8.16. The molecule has 0 heterocycles. The topological polar surface area (TPSA) is 77.8 Å². The molecule has 0 aromatic rings. The molecule has 1 atom stereocenters. The SMILES string of the molecule is CCCC(CC)(CC(O)O)C(=O)O. The molecule has 0 aromatic heterocycles. The van der Waals surface area contributed by atoms with Gasteiger partial charge in [0.2, 0.25) is 0 Å². The number of carboxylic acids is 1. The van der Waals surface area contributed by atoms with E-state index in [-0.39, 0.29) is 6.42 Å². The summed E-state index contributed by atoms with van der Waals surface area (Å²) in [5.74, 6) is -0.940. The summed E-state index contributed by atoms with van der Waals surface area (Å²) >= 11 is 0. The monoisotopic (exact) mass is 190 g/mol. The van der Waals surface area contributed by atoms with E-state index in [0.717, 1.165) is 6.42 Å². The summed E-state index contributed by atoms with van der Waals surface area (Å²) < 4.78 is 0. The van der Waals surface area contributed by atoms with Crippen molar-refractivity contribution >= 4 is 5.97 Å². The molecular weight excluding hydrogens is 172 g/mol. The van der Waals surface area contributed by atoms with Crippen molar-refractivity contribution in [3.63, 3.8) is 0 Å². The first-order chi connectivity index (χ1) is 5.98. The Labute approximate surface area is 78.2 Å². The van der Waals surface area contributed by atoms with E-state index in [4.69, 9.17) is 15.3 Å². The second-order valence-corrected chi connectivity index (χ2v) is 3.37. The second kappa shape index (κ2) is 5.19. The number of rotatable bonds is 6. The maximum Gasteiger partial charge on any atom is 0.309 e. The van der Waals surface area contributed by atoms with Crippen LogP contribution in [0, 0.1) is 5.41 Å². The number of hydrogen-bond donors (Lipinski definition) is 3. The molecule has 0 radical (unpaired) electrons. The fourth-order valence-electron chi connectivity index (χ4n) is 1.60. The van der Waals surface area contributed by atoms with Gasteiger partial charge in [-0.25, -0.2) is 0 Å². The van der Waals surface area contributed by atoms with Crippen LogP contribution in [0.4, 0.5) is 0 Å². The van der Waals surface area contributed by atoms with Crippen molar-refractivity contribution in [2.75, 3.05) is 0 Å². The van der Waals surface area contributed by atoms with Gasteiger partial charge in [0, 0.05) is 6.42 Å². The minimum absolute atomic E-state index is 0.0906. The molecule has 0 saturated heterocycles. The molecule has 0 rings (SSSR count). The van der Waals surface area contributed by atoms with Gasteiger partial charge in [0.1, 0.15) is 0 Å². The summed E-state index contributed by atoms with van der Waals surface area (Å²) in [4.78, 5) is 11.0. The first-order valence-corrected chi connectivity index (χ1v) is 4.58. The lowest BCUT2D eigenvalue weighted by atomic mass is 9.77. The van der Waals surface area contributed by atoms with Gasteiger partial charge in [0.25, 0.3) is 0 Å². The largest absolute Gasteiger partial charge is 0.481 e. The Morgan fingerprint density at radius 1 is 1.38 bits per heavy atom. The highest BCUT2D eigenvalue weighted by Gasteiger charge is 2.37. The molecule has 0 amide bonds. The molecule has 3 N–H and O–H groups in total. The Morgan fingerprint density at radius 2 is 1.92 bits per heavy atom. The third-order valence-electron chi connectivity index (χ3n) is 2.43. The van der Waals surface area contributed by atoms with Gasteiger partial charge >= 0.3 is 5.97 Å². The van der Waals surface area contributed by atoms with Crippen LogP contribution in [0.2, 0.25) is 0 Å². The molecule has 4 heteroatoms. The molecule has 78 valence electrons. The van der Waals surface area contributed by atoms with Crippen molar-refractivity contribution in [3.05, 3.63) is 0 Å². The minimum Gasteiger partial charge on any atom is -0.481 e. The smallest absolute Gasteiger partial charge is 0.309 e. The minimum atomic E-state index is -1.54. The standard InChI is InChI=1S/C9H18O4/c1-3-5-9(4-2,8(12)13)6-7(10)11/h7,10-11H,3-6H2,1-2H3,(H,12,13). The Kier molecular flexibility index (Phi) is 4.95. The van der Waals surface area contributed by atoms with Gasteiger partial charge in [0.05, 0.1) is 5.41 Å². The molecule has 4 nitrogen and oxygen atoms in total. The van der Waals surface area contributed by atoms with Crippen LogP contribution < -0.4 is 0 Å². The zero-order chi connectivity index (χ0) is 10.5. The van der Waals surface area contributed by atoms with Crippen LogP contribution in [0.15, 0.2) is 0 Å². The summed E-state index contributed by atoms with van der Waals surface area (Å²) in [6, 6.07) is 0. The van der Waals surface area contributed by atoms with Gasteiger partial charge in [0.15, 0.2) is 6.29 Å². The number of hydrogen-bond acceptors (Lipinski definition) is 3. The van der Waals surface area contributed by atoms with Gasteiger partial charge in [-0.3, -0.25) is 4.79 Å². The average molecular weight is 190 g/mol. The van der Waals surface area contributed by atoms with Crippen LogP contribution in [0.1, 0.15) is 39.5 Å². The third kappa shape index (κ3) is 3.32. The number of carboxylic acid groups (broad SMARTS) is 1. The van der Waals surface area contributed by atoms with Crippen molar-refractivity contribution in [2.45, 2.75) is 45.8 Å². The van der Waals surface area contributed by atoms with E-state index < -0.39 is 17.7 Å². The zero-order valence-electron chi connectivity index (χ0n) is 8.16. The highest BCUT2D eigenvalue weighted by molar-refractivity contribution is 5.74. The Balaban J connectivity index is 4.54. The summed E-state index contributed by atoms with van der Waals surface area (Å²) in [5.41, 5.74) is -0.969. The van der Waals surface area contributed by atoms with E-state index in [1.165, 1.54) is 0 Å². The predicted octanol–water partition coefficient (Wildman–Crippen LogP) is 0.968. The normalized spacial score (nSPS) is 15.8. The first-order valence-electron chi connectivity index (χ1n) is 4.58. The van der Waals surface area contributed by atoms with E-state index >= 15 is 0 Å². The van der Waals surface area contributed by atoms with E-state index in [9.17, 15) is 4.79 Å². The molecule has 0 spiro atoms. The van der Waals surface area contributed by atoms with Crippen LogP contribution >= 0.6 is 0 Å². The van der Waals surface area contributed by atoms with Crippen LogP contribution in [0.5, 0.6) is 0 Å². The maximum absolute atomic E-state index is 11.0. The van der Waals surface area contributed by atoms with E-state index in [2.05, 4.69) is 0 Å². The molecule has 0 aliphatic heterocycles. The fraction of sp³-hybridized carbons (Fsp3) is 0.889. The van der Waals surface area contributed by atoms with Crippen LogP contribution in [-0.4, -0.2) is 27.6 Å². The number of aliphatic hydroxyl groups is 2. The predicted molar refractivity (Wildman–Crippen MR) is 48.1 cm³/mol. The Hall–Kier alpha value is -0.610. The van der Waals surface area contributed by atoms with Crippen LogP contribution in [0.3, 0.4) is 0 Å². The molecule has 13 heavy (non-hydrogen) atoms. The Morgan fingerprint density at radius 3 is 2.15 bits per heavy atom. The van der Waals surface area contributed by atoms with E-state index in [1.54, 1.807) is 6.92 Å². The van der Waals surface area contributed by atoms with Crippen LogP contribution in [0.25, 0.3) is 0 Å². The average Bonchev–Trinajstić information content (AvgIpc) is 2.02. The second-order valence-electron chi connectivity index (χ2n) is 3.37. The molecule has 0 aliphatic carbocycles. The molecule has 0 fully saturated rings. The lowest BCUT2D eigenvalue weighted by Crippen LogP contribution is -2.34. The lowest BCUT2D eigenvalue weighted by Gasteiger charge is -2.28. The van der Waals surface area contributed by atoms with Gasteiger partial charge < -0.3 is 15.3 Å². The van der Waals surface area contributed by atoms with Crippen molar-refractivity contribution in [1.82, 2.24) is 0 Å². The first kappa shape index (κ1) is 12.4. The molecule has 1 unspecified atom stereocenters. The Bertz CT molecular complexity index is 167. The maximum atomic E-state index is 11.0. The van der Waals surface area contributed by atoms with Gasteiger partial charge in [-0.2, -0.15) is 0 Å². The van der Waals surface area contributed by atoms with Crippen molar-refractivity contribution in [3.8, 4) is 0 Å². The molecule has 0 aliphatic rings. The number of aliphatic hydroxyl groups excluding tert-OH is 1. The third-order valence-corrected chi connectivity index (χ3v) is 2.43. The summed E-state index contributed by atoms with van der Waals surface area (Å²) in [6.07, 6.45) is 0.00616. The quantitative estimate of drug-likeness (QED) is 0.545. The summed E-state index contributed by atoms with van der Waals surface area (Å²) in [6.45, 7) is 3.64. The molecule has 0 saturated carbocycles. The summed E-state index contributed by atoms with van der Waals surface area (Å²) in [7, 11) is 0. The van der Waals surface area contributed by atoms with Crippen molar-refractivity contribution in [1.29, 1.82) is 0 Å². The molecular formula is C9H18O4.